The summed E-state index contributed by atoms with van der Waals surface area (Å²) in [7, 11) is 0. The molecule has 0 unspecified atom stereocenters. The highest BCUT2D eigenvalue weighted by atomic mass is 16.5. The van der Waals surface area contributed by atoms with E-state index in [0.29, 0.717) is 38.5 Å². The van der Waals surface area contributed by atoms with E-state index in [-0.39, 0.29) is 76.5 Å². The summed E-state index contributed by atoms with van der Waals surface area (Å²) >= 11 is 0. The van der Waals surface area contributed by atoms with Crippen LogP contribution in [0, 0.1) is 0 Å². The van der Waals surface area contributed by atoms with E-state index >= 15 is 0 Å². The number of benzene rings is 1. The Hall–Kier alpha value is -4.81. The lowest BCUT2D eigenvalue weighted by atomic mass is 10.1. The zero-order valence-electron chi connectivity index (χ0n) is 32.4. The fraction of sp³-hybridized carbons (Fsp3) is 0.658. The maximum atomic E-state index is 12.4. The average Bonchev–Trinajstić information content (AvgIpc) is 3.16. The van der Waals surface area contributed by atoms with Crippen LogP contribution < -0.4 is 26.0 Å². The van der Waals surface area contributed by atoms with Crippen molar-refractivity contribution in [3.05, 3.63) is 29.8 Å². The van der Waals surface area contributed by atoms with Gasteiger partial charge in [-0.25, -0.2) is 14.4 Å². The Kier molecular flexibility index (Phi) is 27.6. The third kappa shape index (κ3) is 26.1. The molecule has 0 aliphatic carbocycles. The SMILES string of the molecule is CCCOCCNC(=O)COCCOCCNC(=O)CC[C@H](NC(=O)CC[C@H](NC(=O)CCCCCCCCCOc1ccc(C(=O)O)cc1)C(=O)O)C(=O)O. The Labute approximate surface area is 327 Å². The second-order valence-electron chi connectivity index (χ2n) is 12.9. The zero-order chi connectivity index (χ0) is 41.4. The first kappa shape index (κ1) is 49.2. The van der Waals surface area contributed by atoms with Gasteiger partial charge in [-0.15, -0.1) is 0 Å². The van der Waals surface area contributed by atoms with Gasteiger partial charge in [0.2, 0.25) is 23.6 Å². The lowest BCUT2D eigenvalue weighted by molar-refractivity contribution is -0.143. The highest BCUT2D eigenvalue weighted by molar-refractivity contribution is 5.88. The molecule has 0 aliphatic rings. The summed E-state index contributed by atoms with van der Waals surface area (Å²) in [5, 5.41) is 37.9. The van der Waals surface area contributed by atoms with Crippen molar-refractivity contribution in [3.8, 4) is 5.75 Å². The molecule has 1 rings (SSSR count). The fourth-order valence-corrected chi connectivity index (χ4v) is 5.05. The third-order valence-electron chi connectivity index (χ3n) is 8.10. The van der Waals surface area contributed by atoms with Gasteiger partial charge in [-0.1, -0.05) is 39.0 Å². The molecule has 4 amide bonds. The Morgan fingerprint density at radius 2 is 1.05 bits per heavy atom. The van der Waals surface area contributed by atoms with Crippen LogP contribution in [-0.2, 0) is 43.0 Å². The predicted octanol–water partition coefficient (Wildman–Crippen LogP) is 2.28. The molecule has 0 spiro atoms. The highest BCUT2D eigenvalue weighted by Crippen LogP contribution is 2.14. The first-order valence-electron chi connectivity index (χ1n) is 19.2. The topological polar surface area (TPSA) is 265 Å². The summed E-state index contributed by atoms with van der Waals surface area (Å²) in [5.74, 6) is -4.95. The number of aromatic carboxylic acids is 1. The van der Waals surface area contributed by atoms with Gasteiger partial charge in [0.25, 0.3) is 0 Å². The van der Waals surface area contributed by atoms with Crippen molar-refractivity contribution in [1.82, 2.24) is 21.3 Å². The van der Waals surface area contributed by atoms with E-state index in [1.807, 2.05) is 6.92 Å². The van der Waals surface area contributed by atoms with Gasteiger partial charge in [-0.05, 0) is 56.4 Å². The quantitative estimate of drug-likeness (QED) is 0.0486. The summed E-state index contributed by atoms with van der Waals surface area (Å²) in [4.78, 5) is 82.9. The summed E-state index contributed by atoms with van der Waals surface area (Å²) in [5.41, 5.74) is 0.201. The molecule has 0 bridgehead atoms. The fourth-order valence-electron chi connectivity index (χ4n) is 5.05. The molecule has 316 valence electrons. The van der Waals surface area contributed by atoms with Crippen molar-refractivity contribution < 1.29 is 67.8 Å². The van der Waals surface area contributed by atoms with E-state index in [9.17, 15) is 43.8 Å². The first-order valence-corrected chi connectivity index (χ1v) is 19.2. The lowest BCUT2D eigenvalue weighted by Gasteiger charge is -2.17. The minimum atomic E-state index is -1.38. The summed E-state index contributed by atoms with van der Waals surface area (Å²) in [6.07, 6.45) is 6.06. The number of unbranched alkanes of at least 4 members (excludes halogenated alkanes) is 6. The van der Waals surface area contributed by atoms with Gasteiger partial charge in [-0.2, -0.15) is 0 Å². The molecule has 0 fully saturated rings. The smallest absolute Gasteiger partial charge is 0.335 e. The van der Waals surface area contributed by atoms with Crippen LogP contribution in [0.1, 0.15) is 101 Å². The highest BCUT2D eigenvalue weighted by Gasteiger charge is 2.24. The van der Waals surface area contributed by atoms with Gasteiger partial charge in [0.05, 0.1) is 38.6 Å². The molecule has 56 heavy (non-hydrogen) atoms. The van der Waals surface area contributed by atoms with E-state index in [2.05, 4.69) is 21.3 Å². The van der Waals surface area contributed by atoms with Gasteiger partial charge in [0.15, 0.2) is 0 Å². The second-order valence-corrected chi connectivity index (χ2v) is 12.9. The van der Waals surface area contributed by atoms with Crippen molar-refractivity contribution in [1.29, 1.82) is 0 Å². The molecule has 1 aromatic carbocycles. The molecule has 7 N–H and O–H groups in total. The molecular formula is C38H60N4O14. The van der Waals surface area contributed by atoms with E-state index < -0.39 is 47.7 Å². The number of aliphatic carboxylic acids is 2. The van der Waals surface area contributed by atoms with Crippen LogP contribution in [0.3, 0.4) is 0 Å². The van der Waals surface area contributed by atoms with Crippen LogP contribution >= 0.6 is 0 Å². The Bertz CT molecular complexity index is 1330. The van der Waals surface area contributed by atoms with Crippen LogP contribution in [-0.4, -0.2) is 128 Å². The van der Waals surface area contributed by atoms with Crippen molar-refractivity contribution in [2.45, 2.75) is 102 Å². The number of carbonyl (C=O) groups is 7. The normalized spacial score (nSPS) is 11.9. The maximum absolute atomic E-state index is 12.4. The van der Waals surface area contributed by atoms with E-state index in [4.69, 9.17) is 24.1 Å². The van der Waals surface area contributed by atoms with Crippen molar-refractivity contribution >= 4 is 41.5 Å². The number of carbonyl (C=O) groups excluding carboxylic acids is 4. The monoisotopic (exact) mass is 796 g/mol. The van der Waals surface area contributed by atoms with Crippen molar-refractivity contribution in [2.75, 3.05) is 59.3 Å². The molecule has 0 radical (unpaired) electrons. The van der Waals surface area contributed by atoms with E-state index in [1.54, 1.807) is 12.1 Å². The molecule has 2 atom stereocenters. The van der Waals surface area contributed by atoms with E-state index in [1.165, 1.54) is 12.1 Å². The number of amides is 4. The minimum absolute atomic E-state index is 0.118. The summed E-state index contributed by atoms with van der Waals surface area (Å²) in [6.45, 7) is 4.54. The number of hydrogen-bond donors (Lipinski definition) is 7. The Morgan fingerprint density at radius 1 is 0.554 bits per heavy atom. The molecule has 0 aromatic heterocycles. The van der Waals surface area contributed by atoms with Gasteiger partial charge < -0.3 is 55.5 Å². The molecule has 0 heterocycles. The number of hydrogen-bond acceptors (Lipinski definition) is 11. The Morgan fingerprint density at radius 3 is 1.62 bits per heavy atom. The minimum Gasteiger partial charge on any atom is -0.494 e. The van der Waals surface area contributed by atoms with Crippen LogP contribution in [0.15, 0.2) is 24.3 Å². The number of rotatable bonds is 35. The molecule has 18 heteroatoms. The molecule has 0 aliphatic heterocycles. The summed E-state index contributed by atoms with van der Waals surface area (Å²) < 4.78 is 21.4. The Balaban J connectivity index is 2.15. The number of nitrogens with one attached hydrogen (secondary N) is 4. The zero-order valence-corrected chi connectivity index (χ0v) is 32.4. The standard InChI is InChI=1S/C38H60N4O14/c1-2-21-53-23-20-40-35(46)27-55-26-25-54-24-19-39-32(43)17-15-30(37(49)50)42-34(45)18-16-31(38(51)52)41-33(44)10-8-6-4-3-5-7-9-22-56-29-13-11-28(12-14-29)36(47)48/h11-14,30-31H,2-10,15-27H2,1H3,(H,39,43)(H,40,46)(H,41,44)(H,42,45)(H,47,48)(H,49,50)(H,51,52)/t30-,31-/m0/s1. The maximum Gasteiger partial charge on any atom is 0.335 e. The first-order chi connectivity index (χ1) is 26.9. The van der Waals surface area contributed by atoms with Gasteiger partial charge in [0.1, 0.15) is 24.4 Å². The largest absolute Gasteiger partial charge is 0.494 e. The molecular weight excluding hydrogens is 736 g/mol. The number of ether oxygens (including phenoxy) is 4. The lowest BCUT2D eigenvalue weighted by Crippen LogP contribution is -2.44. The molecule has 0 saturated heterocycles. The van der Waals surface area contributed by atoms with Crippen molar-refractivity contribution in [2.24, 2.45) is 0 Å². The molecule has 1 aromatic rings. The molecule has 18 nitrogen and oxygen atoms in total. The van der Waals surface area contributed by atoms with Gasteiger partial charge in [0, 0.05) is 39.0 Å². The molecule has 0 saturated carbocycles. The average molecular weight is 797 g/mol. The van der Waals surface area contributed by atoms with Crippen LogP contribution in [0.25, 0.3) is 0 Å². The van der Waals surface area contributed by atoms with Crippen LogP contribution in [0.5, 0.6) is 5.75 Å². The van der Waals surface area contributed by atoms with E-state index in [0.717, 1.165) is 44.9 Å². The van der Waals surface area contributed by atoms with Gasteiger partial charge in [-0.3, -0.25) is 19.2 Å². The van der Waals surface area contributed by atoms with Crippen molar-refractivity contribution in [3.63, 3.8) is 0 Å². The van der Waals surface area contributed by atoms with Gasteiger partial charge >= 0.3 is 17.9 Å². The number of carboxylic acid groups (broad SMARTS) is 3. The number of carboxylic acids is 3. The predicted molar refractivity (Wildman–Crippen MR) is 202 cm³/mol. The third-order valence-corrected chi connectivity index (χ3v) is 8.10. The van der Waals surface area contributed by atoms with Crippen LogP contribution in [0.2, 0.25) is 0 Å². The van der Waals surface area contributed by atoms with Crippen LogP contribution in [0.4, 0.5) is 0 Å². The second kappa shape index (κ2) is 31.4. The summed E-state index contributed by atoms with van der Waals surface area (Å²) in [6, 6.07) is 3.54.